The highest BCUT2D eigenvalue weighted by atomic mass is 32.2. The van der Waals surface area contributed by atoms with E-state index in [9.17, 15) is 17.2 Å². The number of nitrogens with zero attached hydrogens (tertiary/aromatic N) is 1. The number of aromatic nitrogens is 1. The first kappa shape index (κ1) is 12.3. The van der Waals surface area contributed by atoms with E-state index in [1.54, 1.807) is 0 Å². The molecule has 1 heterocycles. The summed E-state index contributed by atoms with van der Waals surface area (Å²) < 4.78 is 56.3. The Balaban J connectivity index is 2.44. The van der Waals surface area contributed by atoms with Crippen LogP contribution in [-0.2, 0) is 10.0 Å². The molecule has 6 nitrogen and oxygen atoms in total. The van der Waals surface area contributed by atoms with Crippen molar-refractivity contribution in [3.63, 3.8) is 0 Å². The highest BCUT2D eigenvalue weighted by molar-refractivity contribution is 7.92. The van der Waals surface area contributed by atoms with Crippen molar-refractivity contribution in [3.05, 3.63) is 36.2 Å². The molecule has 0 aliphatic heterocycles. The number of benzene rings is 1. The lowest BCUT2D eigenvalue weighted by Crippen LogP contribution is -2.15. The lowest BCUT2D eigenvalue weighted by molar-refractivity contribution is 0.420. The normalized spacial score (nSPS) is 11.4. The summed E-state index contributed by atoms with van der Waals surface area (Å²) in [5.74, 6) is -2.28. The fourth-order valence-electron chi connectivity index (χ4n) is 1.22. The Morgan fingerprint density at radius 2 is 2.00 bits per heavy atom. The Hall–Kier alpha value is -2.16. The van der Waals surface area contributed by atoms with Crippen LogP contribution < -0.4 is 10.5 Å². The van der Waals surface area contributed by atoms with Crippen LogP contribution in [0.5, 0.6) is 0 Å². The largest absolute Gasteiger partial charge is 0.396 e. The van der Waals surface area contributed by atoms with Gasteiger partial charge in [-0.05, 0) is 6.07 Å². The molecule has 0 amide bonds. The third-order valence-corrected chi connectivity index (χ3v) is 3.42. The molecule has 18 heavy (non-hydrogen) atoms. The van der Waals surface area contributed by atoms with Gasteiger partial charge in [0, 0.05) is 6.07 Å². The molecule has 1 aromatic heterocycles. The Labute approximate surface area is 100 Å². The second kappa shape index (κ2) is 4.26. The summed E-state index contributed by atoms with van der Waals surface area (Å²) in [6, 6.07) is 1.10. The molecule has 9 heteroatoms. The molecular weight excluding hydrogens is 268 g/mol. The van der Waals surface area contributed by atoms with Crippen molar-refractivity contribution >= 4 is 21.4 Å². The quantitative estimate of drug-likeness (QED) is 0.823. The van der Waals surface area contributed by atoms with E-state index in [-0.39, 0.29) is 5.69 Å². The van der Waals surface area contributed by atoms with Crippen molar-refractivity contribution in [1.82, 2.24) is 5.16 Å². The van der Waals surface area contributed by atoms with Crippen LogP contribution in [0.2, 0.25) is 0 Å². The van der Waals surface area contributed by atoms with E-state index < -0.39 is 32.2 Å². The molecule has 0 aliphatic rings. The molecule has 0 saturated heterocycles. The van der Waals surface area contributed by atoms with Gasteiger partial charge in [-0.25, -0.2) is 17.2 Å². The molecule has 0 atom stereocenters. The first-order valence-electron chi connectivity index (χ1n) is 4.57. The van der Waals surface area contributed by atoms with Crippen LogP contribution in [0.1, 0.15) is 0 Å². The van der Waals surface area contributed by atoms with Crippen LogP contribution >= 0.6 is 0 Å². The van der Waals surface area contributed by atoms with Gasteiger partial charge >= 0.3 is 0 Å². The van der Waals surface area contributed by atoms with Gasteiger partial charge in [0.25, 0.3) is 10.0 Å². The summed E-state index contributed by atoms with van der Waals surface area (Å²) in [6.45, 7) is 0. The van der Waals surface area contributed by atoms with Crippen LogP contribution in [0.25, 0.3) is 0 Å². The third kappa shape index (κ3) is 2.25. The smallest absolute Gasteiger partial charge is 0.265 e. The van der Waals surface area contributed by atoms with E-state index >= 15 is 0 Å². The average Bonchev–Trinajstić information content (AvgIpc) is 2.75. The molecule has 96 valence electrons. The van der Waals surface area contributed by atoms with Gasteiger partial charge in [0.1, 0.15) is 28.5 Å². The molecule has 2 rings (SSSR count). The number of hydrogen-bond acceptors (Lipinski definition) is 5. The van der Waals surface area contributed by atoms with Crippen molar-refractivity contribution in [2.75, 3.05) is 10.5 Å². The molecule has 2 aromatic rings. The van der Waals surface area contributed by atoms with E-state index in [2.05, 4.69) is 9.68 Å². The van der Waals surface area contributed by atoms with E-state index in [1.807, 2.05) is 4.72 Å². The zero-order valence-corrected chi connectivity index (χ0v) is 9.54. The Morgan fingerprint density at radius 3 is 2.61 bits per heavy atom. The van der Waals surface area contributed by atoms with Crippen LogP contribution in [0.4, 0.5) is 20.2 Å². The highest BCUT2D eigenvalue weighted by Crippen LogP contribution is 2.23. The molecule has 1 aromatic carbocycles. The summed E-state index contributed by atoms with van der Waals surface area (Å²) in [5.41, 5.74) is 4.74. The number of halogens is 2. The summed E-state index contributed by atoms with van der Waals surface area (Å²) in [7, 11) is -4.22. The zero-order valence-electron chi connectivity index (χ0n) is 8.72. The molecule has 3 N–H and O–H groups in total. The minimum absolute atomic E-state index is 0.0114. The molecule has 0 saturated carbocycles. The predicted octanol–water partition coefficient (Wildman–Crippen LogP) is 1.34. The lowest BCUT2D eigenvalue weighted by Gasteiger charge is -2.07. The van der Waals surface area contributed by atoms with E-state index in [0.29, 0.717) is 12.1 Å². The Morgan fingerprint density at radius 1 is 1.28 bits per heavy atom. The molecular formula is C9H7F2N3O3S. The van der Waals surface area contributed by atoms with Crippen molar-refractivity contribution in [1.29, 1.82) is 0 Å². The van der Waals surface area contributed by atoms with Crippen molar-refractivity contribution in [3.8, 4) is 0 Å². The molecule has 0 fully saturated rings. The summed E-state index contributed by atoms with van der Waals surface area (Å²) >= 11 is 0. The molecule has 0 radical (unpaired) electrons. The summed E-state index contributed by atoms with van der Waals surface area (Å²) in [6.07, 6.45) is 2.10. The molecule has 0 unspecified atom stereocenters. The van der Waals surface area contributed by atoms with Gasteiger partial charge in [-0.15, -0.1) is 0 Å². The van der Waals surface area contributed by atoms with Gasteiger partial charge in [-0.3, -0.25) is 4.72 Å². The first-order valence-corrected chi connectivity index (χ1v) is 6.05. The molecule has 0 aliphatic carbocycles. The number of nitrogen functional groups attached to an aromatic ring is 1. The standard InChI is InChI=1S/C9H7F2N3O3S/c10-6-1-7(11)9(2-8(6)12)18(15,16)14-5-3-13-17-4-5/h1-4,14H,12H2. The summed E-state index contributed by atoms with van der Waals surface area (Å²) in [4.78, 5) is -0.761. The maximum Gasteiger partial charge on any atom is 0.265 e. The van der Waals surface area contributed by atoms with E-state index in [4.69, 9.17) is 5.73 Å². The van der Waals surface area contributed by atoms with Crippen LogP contribution in [-0.4, -0.2) is 13.6 Å². The average molecular weight is 275 g/mol. The SMILES string of the molecule is Nc1cc(S(=O)(=O)Nc2cnoc2)c(F)cc1F. The number of nitrogens with two attached hydrogens (primary N) is 1. The fourth-order valence-corrected chi connectivity index (χ4v) is 2.34. The lowest BCUT2D eigenvalue weighted by atomic mass is 10.3. The van der Waals surface area contributed by atoms with E-state index in [1.165, 1.54) is 0 Å². The van der Waals surface area contributed by atoms with Gasteiger partial charge < -0.3 is 10.3 Å². The number of hydrogen-bond donors (Lipinski definition) is 2. The summed E-state index contributed by atoms with van der Waals surface area (Å²) in [5, 5.41) is 3.27. The number of sulfonamides is 1. The molecule has 0 spiro atoms. The van der Waals surface area contributed by atoms with Crippen LogP contribution in [0.3, 0.4) is 0 Å². The predicted molar refractivity (Wildman–Crippen MR) is 58.1 cm³/mol. The van der Waals surface area contributed by atoms with Crippen molar-refractivity contribution < 1.29 is 21.7 Å². The minimum Gasteiger partial charge on any atom is -0.396 e. The monoisotopic (exact) mass is 275 g/mol. The second-order valence-electron chi connectivity index (χ2n) is 3.32. The van der Waals surface area contributed by atoms with Gasteiger partial charge in [-0.1, -0.05) is 5.16 Å². The van der Waals surface area contributed by atoms with Gasteiger partial charge in [0.15, 0.2) is 0 Å². The number of rotatable bonds is 3. The highest BCUT2D eigenvalue weighted by Gasteiger charge is 2.21. The van der Waals surface area contributed by atoms with Crippen LogP contribution in [0, 0.1) is 11.6 Å². The van der Waals surface area contributed by atoms with E-state index in [0.717, 1.165) is 12.5 Å². The van der Waals surface area contributed by atoms with Crippen molar-refractivity contribution in [2.24, 2.45) is 0 Å². The fraction of sp³-hybridized carbons (Fsp3) is 0. The number of anilines is 2. The van der Waals surface area contributed by atoms with Gasteiger partial charge in [-0.2, -0.15) is 0 Å². The third-order valence-electron chi connectivity index (χ3n) is 2.03. The second-order valence-corrected chi connectivity index (χ2v) is 4.97. The Kier molecular flexibility index (Phi) is 2.91. The zero-order chi connectivity index (χ0) is 13.3. The minimum atomic E-state index is -4.22. The topological polar surface area (TPSA) is 98.2 Å². The first-order chi connectivity index (χ1) is 8.40. The maximum atomic E-state index is 13.4. The van der Waals surface area contributed by atoms with Gasteiger partial charge in [0.2, 0.25) is 0 Å². The molecule has 0 bridgehead atoms. The maximum absolute atomic E-state index is 13.4. The number of nitrogens with one attached hydrogen (secondary N) is 1. The Bertz CT molecular complexity index is 671. The van der Waals surface area contributed by atoms with Gasteiger partial charge in [0.05, 0.1) is 11.9 Å². The van der Waals surface area contributed by atoms with Crippen LogP contribution in [0.15, 0.2) is 34.0 Å². The van der Waals surface area contributed by atoms with Crippen molar-refractivity contribution in [2.45, 2.75) is 4.90 Å².